The predicted octanol–water partition coefficient (Wildman–Crippen LogP) is 2.79. The maximum atomic E-state index is 11.6. The Balaban J connectivity index is 2.71. The Morgan fingerprint density at radius 3 is 2.59 bits per heavy atom. The summed E-state index contributed by atoms with van der Waals surface area (Å²) in [5.41, 5.74) is 0.0225. The second-order valence-corrected chi connectivity index (χ2v) is 6.12. The van der Waals surface area contributed by atoms with Gasteiger partial charge >= 0.3 is 5.97 Å². The minimum Gasteiger partial charge on any atom is -0.456 e. The number of hydrogen-bond acceptors (Lipinski definition) is 4. The van der Waals surface area contributed by atoms with Crippen LogP contribution in [0.4, 0.5) is 0 Å². The first kappa shape index (κ1) is 14.6. The average molecular weight is 258 g/mol. The van der Waals surface area contributed by atoms with Gasteiger partial charge in [0.05, 0.1) is 6.10 Å². The third-order valence-corrected chi connectivity index (χ3v) is 4.22. The Morgan fingerprint density at radius 2 is 2.12 bits per heavy atom. The van der Waals surface area contributed by atoms with E-state index in [-0.39, 0.29) is 12.1 Å². The fourth-order valence-electron chi connectivity index (χ4n) is 2.26. The van der Waals surface area contributed by atoms with Gasteiger partial charge in [0.1, 0.15) is 5.60 Å². The van der Waals surface area contributed by atoms with Gasteiger partial charge in [-0.25, -0.2) is 4.79 Å². The molecule has 0 amide bonds. The van der Waals surface area contributed by atoms with Crippen LogP contribution >= 0.6 is 11.8 Å². The summed E-state index contributed by atoms with van der Waals surface area (Å²) >= 11 is 1.81. The van der Waals surface area contributed by atoms with Gasteiger partial charge in [0.2, 0.25) is 0 Å². The molecule has 1 fully saturated rings. The summed E-state index contributed by atoms with van der Waals surface area (Å²) in [6.45, 7) is 7.28. The highest BCUT2D eigenvalue weighted by Crippen LogP contribution is 2.37. The van der Waals surface area contributed by atoms with Crippen molar-refractivity contribution in [2.24, 2.45) is 0 Å². The van der Waals surface area contributed by atoms with E-state index in [1.165, 1.54) is 0 Å². The second kappa shape index (κ2) is 5.91. The third-order valence-electron chi connectivity index (χ3n) is 3.20. The summed E-state index contributed by atoms with van der Waals surface area (Å²) in [7, 11) is 1.72. The fourth-order valence-corrected chi connectivity index (χ4v) is 3.19. The van der Waals surface area contributed by atoms with E-state index in [1.807, 2.05) is 18.7 Å². The second-order valence-electron chi connectivity index (χ2n) is 4.98. The molecule has 1 aliphatic rings. The first-order valence-corrected chi connectivity index (χ1v) is 7.13. The SMILES string of the molecule is C=C(C)C(=O)OC1(C)CC(OC)CC(SC)C1. The number of esters is 1. The normalized spacial score (nSPS) is 33.2. The summed E-state index contributed by atoms with van der Waals surface area (Å²) in [5.74, 6) is -0.302. The molecule has 0 bridgehead atoms. The maximum absolute atomic E-state index is 11.6. The van der Waals surface area contributed by atoms with Crippen LogP contribution in [0.15, 0.2) is 12.2 Å². The van der Waals surface area contributed by atoms with Crippen LogP contribution < -0.4 is 0 Å². The topological polar surface area (TPSA) is 35.5 Å². The number of rotatable bonds is 4. The van der Waals surface area contributed by atoms with Crippen molar-refractivity contribution in [3.63, 3.8) is 0 Å². The Kier molecular flexibility index (Phi) is 5.07. The average Bonchev–Trinajstić information content (AvgIpc) is 2.27. The molecule has 98 valence electrons. The lowest BCUT2D eigenvalue weighted by molar-refractivity contribution is -0.160. The minimum atomic E-state index is -0.428. The molecule has 1 aliphatic carbocycles. The van der Waals surface area contributed by atoms with E-state index in [2.05, 4.69) is 12.8 Å². The number of ether oxygens (including phenoxy) is 2. The summed E-state index contributed by atoms with van der Waals surface area (Å²) in [5, 5.41) is 0.483. The number of thioether (sulfide) groups is 1. The molecule has 3 unspecified atom stereocenters. The molecule has 0 aliphatic heterocycles. The highest BCUT2D eigenvalue weighted by atomic mass is 32.2. The third kappa shape index (κ3) is 4.03. The molecule has 3 nitrogen and oxygen atoms in total. The molecule has 0 radical (unpaired) electrons. The van der Waals surface area contributed by atoms with Gasteiger partial charge in [-0.2, -0.15) is 11.8 Å². The zero-order valence-corrected chi connectivity index (χ0v) is 11.9. The molecule has 0 N–H and O–H groups in total. The van der Waals surface area contributed by atoms with E-state index >= 15 is 0 Å². The molecule has 0 heterocycles. The van der Waals surface area contributed by atoms with E-state index in [9.17, 15) is 4.79 Å². The van der Waals surface area contributed by atoms with Crippen molar-refractivity contribution >= 4 is 17.7 Å². The summed E-state index contributed by atoms with van der Waals surface area (Å²) < 4.78 is 11.0. The maximum Gasteiger partial charge on any atom is 0.333 e. The van der Waals surface area contributed by atoms with Crippen LogP contribution in [0, 0.1) is 0 Å². The highest BCUT2D eigenvalue weighted by Gasteiger charge is 2.40. The van der Waals surface area contributed by atoms with Crippen molar-refractivity contribution in [1.82, 2.24) is 0 Å². The van der Waals surface area contributed by atoms with Crippen molar-refractivity contribution in [3.05, 3.63) is 12.2 Å². The van der Waals surface area contributed by atoms with Crippen molar-refractivity contribution in [3.8, 4) is 0 Å². The number of methoxy groups -OCH3 is 1. The zero-order chi connectivity index (χ0) is 13.1. The van der Waals surface area contributed by atoms with Crippen molar-refractivity contribution in [2.75, 3.05) is 13.4 Å². The standard InChI is InChI=1S/C13H22O3S/c1-9(2)12(14)16-13(3)7-10(15-4)6-11(8-13)17-5/h10-11H,1,6-8H2,2-5H3. The molecule has 17 heavy (non-hydrogen) atoms. The van der Waals surface area contributed by atoms with Crippen molar-refractivity contribution in [1.29, 1.82) is 0 Å². The van der Waals surface area contributed by atoms with Crippen LogP contribution in [0.3, 0.4) is 0 Å². The fraction of sp³-hybridized carbons (Fsp3) is 0.769. The van der Waals surface area contributed by atoms with Crippen LogP contribution in [0.2, 0.25) is 0 Å². The van der Waals surface area contributed by atoms with Gasteiger partial charge in [-0.1, -0.05) is 6.58 Å². The van der Waals surface area contributed by atoms with Crippen LogP contribution in [0.25, 0.3) is 0 Å². The van der Waals surface area contributed by atoms with Gasteiger partial charge in [-0.3, -0.25) is 0 Å². The van der Waals surface area contributed by atoms with Gasteiger partial charge in [-0.15, -0.1) is 0 Å². The molecule has 1 saturated carbocycles. The minimum absolute atomic E-state index is 0.170. The molecule has 4 heteroatoms. The largest absolute Gasteiger partial charge is 0.456 e. The van der Waals surface area contributed by atoms with Crippen molar-refractivity contribution in [2.45, 2.75) is 50.1 Å². The molecule has 0 aromatic heterocycles. The predicted molar refractivity (Wildman–Crippen MR) is 71.3 cm³/mol. The Hall–Kier alpha value is -0.480. The first-order chi connectivity index (χ1) is 7.90. The van der Waals surface area contributed by atoms with E-state index in [0.717, 1.165) is 19.3 Å². The Labute approximate surface area is 108 Å². The number of carbonyl (C=O) groups is 1. The number of hydrogen-bond donors (Lipinski definition) is 0. The summed E-state index contributed by atoms with van der Waals surface area (Å²) in [6, 6.07) is 0. The van der Waals surface area contributed by atoms with Crippen LogP contribution in [0.1, 0.15) is 33.1 Å². The molecule has 3 atom stereocenters. The summed E-state index contributed by atoms with van der Waals surface area (Å²) in [4.78, 5) is 11.6. The van der Waals surface area contributed by atoms with Crippen LogP contribution in [-0.2, 0) is 14.3 Å². The smallest absolute Gasteiger partial charge is 0.333 e. The van der Waals surface area contributed by atoms with Crippen LogP contribution in [0.5, 0.6) is 0 Å². The molecular formula is C13H22O3S. The lowest BCUT2D eigenvalue weighted by atomic mass is 9.84. The van der Waals surface area contributed by atoms with Gasteiger partial charge in [0.25, 0.3) is 0 Å². The van der Waals surface area contributed by atoms with Gasteiger partial charge < -0.3 is 9.47 Å². The monoisotopic (exact) mass is 258 g/mol. The first-order valence-electron chi connectivity index (χ1n) is 5.84. The Bertz CT molecular complexity index is 289. The molecule has 1 rings (SSSR count). The molecule has 0 aromatic carbocycles. The van der Waals surface area contributed by atoms with E-state index in [0.29, 0.717) is 10.8 Å². The molecular weight excluding hydrogens is 236 g/mol. The van der Waals surface area contributed by atoms with Gasteiger partial charge in [0.15, 0.2) is 0 Å². The lowest BCUT2D eigenvalue weighted by Crippen LogP contribution is -2.44. The molecule has 0 aromatic rings. The highest BCUT2D eigenvalue weighted by molar-refractivity contribution is 7.99. The quantitative estimate of drug-likeness (QED) is 0.574. The number of carbonyl (C=O) groups excluding carboxylic acids is 1. The van der Waals surface area contributed by atoms with Gasteiger partial charge in [-0.05, 0) is 32.9 Å². The summed E-state index contributed by atoms with van der Waals surface area (Å²) in [6.07, 6.45) is 4.93. The van der Waals surface area contributed by atoms with E-state index < -0.39 is 5.60 Å². The molecule has 0 spiro atoms. The Morgan fingerprint density at radius 1 is 1.47 bits per heavy atom. The van der Waals surface area contributed by atoms with E-state index in [4.69, 9.17) is 9.47 Å². The van der Waals surface area contributed by atoms with Gasteiger partial charge in [0, 0.05) is 24.4 Å². The zero-order valence-electron chi connectivity index (χ0n) is 11.1. The molecule has 0 saturated heterocycles. The lowest BCUT2D eigenvalue weighted by Gasteiger charge is -2.40. The van der Waals surface area contributed by atoms with Crippen LogP contribution in [-0.4, -0.2) is 36.3 Å². The van der Waals surface area contributed by atoms with E-state index in [1.54, 1.807) is 14.0 Å². The van der Waals surface area contributed by atoms with Crippen molar-refractivity contribution < 1.29 is 14.3 Å².